The van der Waals surface area contributed by atoms with Gasteiger partial charge in [-0.2, -0.15) is 17.5 Å². The maximum Gasteiger partial charge on any atom is 0.226 e. The van der Waals surface area contributed by atoms with Crippen LogP contribution in [0, 0.1) is 0 Å². The van der Waals surface area contributed by atoms with E-state index < -0.39 is 0 Å². The van der Waals surface area contributed by atoms with Crippen LogP contribution in [-0.2, 0) is 22.2 Å². The van der Waals surface area contributed by atoms with E-state index in [0.29, 0.717) is 56.8 Å². The van der Waals surface area contributed by atoms with Crippen LogP contribution in [0.3, 0.4) is 0 Å². The van der Waals surface area contributed by atoms with Gasteiger partial charge in [0.15, 0.2) is 11.5 Å². The van der Waals surface area contributed by atoms with Crippen LogP contribution in [0.25, 0.3) is 78.8 Å². The van der Waals surface area contributed by atoms with Crippen molar-refractivity contribution in [3.05, 3.63) is 120 Å². The van der Waals surface area contributed by atoms with Crippen molar-refractivity contribution >= 4 is 45.5 Å². The third kappa shape index (κ3) is 3.96. The molecule has 4 heterocycles. The molecule has 0 fully saturated rings. The first kappa shape index (κ1) is 29.8. The van der Waals surface area contributed by atoms with Crippen LogP contribution in [0.2, 0.25) is 0 Å². The fourth-order valence-electron chi connectivity index (χ4n) is 8.45. The monoisotopic (exact) mass is 712 g/mol. The quantitative estimate of drug-likeness (QED) is 0.180. The third-order valence-corrected chi connectivity index (χ3v) is 12.1. The van der Waals surface area contributed by atoms with Crippen LogP contribution in [0.15, 0.2) is 115 Å². The molecule has 0 unspecified atom stereocenters. The summed E-state index contributed by atoms with van der Waals surface area (Å²) in [4.78, 5) is 9.50. The predicted octanol–water partition coefficient (Wildman–Crippen LogP) is 11.7. The van der Waals surface area contributed by atoms with Gasteiger partial charge in [0, 0.05) is 22.0 Å². The highest BCUT2D eigenvalue weighted by atomic mass is 32.1. The summed E-state index contributed by atoms with van der Waals surface area (Å²) in [7, 11) is 0. The Balaban J connectivity index is 0.984. The second-order valence-electron chi connectivity index (χ2n) is 14.6. The molecule has 0 saturated heterocycles. The first-order chi connectivity index (χ1) is 25.3. The molecule has 0 amide bonds. The van der Waals surface area contributed by atoms with Crippen molar-refractivity contribution < 1.29 is 8.83 Å². The van der Waals surface area contributed by atoms with Gasteiger partial charge >= 0.3 is 0 Å². The number of aromatic nitrogens is 4. The highest BCUT2D eigenvalue weighted by Crippen LogP contribution is 2.54. The molecule has 0 saturated carbocycles. The zero-order chi connectivity index (χ0) is 34.9. The van der Waals surface area contributed by atoms with E-state index in [1.165, 1.54) is 44.5 Å². The lowest BCUT2D eigenvalue weighted by Gasteiger charge is -2.21. The van der Waals surface area contributed by atoms with Gasteiger partial charge in [-0.05, 0) is 68.8 Å². The smallest absolute Gasteiger partial charge is 0.226 e. The third-order valence-electron chi connectivity index (χ3n) is 11.1. The lowest BCUT2D eigenvalue weighted by atomic mass is 9.82. The molecule has 0 bridgehead atoms. The molecule has 8 nitrogen and oxygen atoms in total. The average Bonchev–Trinajstić information content (AvgIpc) is 4.03. The minimum absolute atomic E-state index is 0.131. The number of nitrogens with zero attached hydrogens (tertiary/aromatic N) is 6. The number of fused-ring (bicyclic) bond motifs is 8. The molecule has 2 aliphatic carbocycles. The van der Waals surface area contributed by atoms with Crippen molar-refractivity contribution in [1.29, 1.82) is 0 Å². The van der Waals surface area contributed by atoms with Gasteiger partial charge in [0.05, 0.1) is 46.6 Å². The first-order valence-corrected chi connectivity index (χ1v) is 18.6. The summed E-state index contributed by atoms with van der Waals surface area (Å²) in [6.07, 6.45) is 3.49. The molecular formula is C42H28N6O2S2. The number of hydrogen-bond donors (Lipinski definition) is 0. The summed E-state index contributed by atoms with van der Waals surface area (Å²) in [6, 6.07) is 30.2. The molecule has 0 spiro atoms. The summed E-state index contributed by atoms with van der Waals surface area (Å²) < 4.78 is 32.0. The number of rotatable bonds is 4. The van der Waals surface area contributed by atoms with Crippen molar-refractivity contribution in [2.24, 2.45) is 8.73 Å². The summed E-state index contributed by atoms with van der Waals surface area (Å²) in [6.45, 7) is 9.08. The molecule has 0 radical (unpaired) electrons. The van der Waals surface area contributed by atoms with Gasteiger partial charge in [0.1, 0.15) is 22.4 Å². The summed E-state index contributed by atoms with van der Waals surface area (Å²) in [5, 5.41) is 0. The van der Waals surface area contributed by atoms with Gasteiger partial charge in [-0.15, -0.1) is 0 Å². The largest absolute Gasteiger partial charge is 0.436 e. The molecule has 0 atom stereocenters. The van der Waals surface area contributed by atoms with E-state index in [1.54, 1.807) is 12.4 Å². The lowest BCUT2D eigenvalue weighted by Crippen LogP contribution is -2.14. The van der Waals surface area contributed by atoms with E-state index in [-0.39, 0.29) is 10.8 Å². The molecular weight excluding hydrogens is 685 g/mol. The van der Waals surface area contributed by atoms with Gasteiger partial charge in [-0.1, -0.05) is 88.4 Å². The lowest BCUT2D eigenvalue weighted by molar-refractivity contribution is 0.587. The zero-order valence-corrected chi connectivity index (χ0v) is 30.2. The molecule has 52 heavy (non-hydrogen) atoms. The van der Waals surface area contributed by atoms with E-state index in [9.17, 15) is 0 Å². The normalized spacial score (nSPS) is 15.3. The van der Waals surface area contributed by atoms with E-state index in [4.69, 9.17) is 36.3 Å². The Labute approximate surface area is 306 Å². The molecule has 250 valence electrons. The van der Waals surface area contributed by atoms with Crippen LogP contribution in [0.1, 0.15) is 49.9 Å². The van der Waals surface area contributed by atoms with Gasteiger partial charge in [-0.25, -0.2) is 9.97 Å². The Morgan fingerprint density at radius 1 is 0.519 bits per heavy atom. The standard InChI is InChI=1S/C42H28N6O2S2/c1-41(2)27-11-7-5-9-23(27)25-15-13-21(17-29(25)41)39-43-19-31(49-39)33-35-37(47-51-45-35)34(38-36(33)46-52-48-38)32-20-44-40(50-32)22-14-16-26-24-10-6-8-12-28(24)42(3,4)30(26)18-22/h5-20H,1-4H3. The van der Waals surface area contributed by atoms with Crippen molar-refractivity contribution in [2.45, 2.75) is 38.5 Å². The number of oxazole rings is 2. The minimum atomic E-state index is -0.131. The predicted molar refractivity (Wildman–Crippen MR) is 206 cm³/mol. The van der Waals surface area contributed by atoms with Gasteiger partial charge in [0.25, 0.3) is 0 Å². The molecule has 1 aliphatic heterocycles. The van der Waals surface area contributed by atoms with Crippen molar-refractivity contribution in [2.75, 3.05) is 0 Å². The SMILES string of the molecule is CC1(C)c2ccccc2-c2ccc(-c3ncc(-c4c5c(c(-c6cnc(-c7ccc8c(c7)C(C)(C)c7ccccc7-8)o6)c6nsnc46)N=S=N5)o3)cc21. The van der Waals surface area contributed by atoms with Crippen LogP contribution >= 0.6 is 11.7 Å². The van der Waals surface area contributed by atoms with Crippen molar-refractivity contribution in [3.63, 3.8) is 0 Å². The Morgan fingerprint density at radius 3 is 1.44 bits per heavy atom. The average molecular weight is 713 g/mol. The highest BCUT2D eigenvalue weighted by molar-refractivity contribution is 7.58. The molecule has 8 aromatic rings. The fraction of sp³-hybridized carbons (Fsp3) is 0.143. The van der Waals surface area contributed by atoms with Gasteiger partial charge in [-0.3, -0.25) is 0 Å². The molecule has 3 aromatic heterocycles. The summed E-state index contributed by atoms with van der Waals surface area (Å²) in [5.74, 6) is 2.17. The fourth-order valence-corrected chi connectivity index (χ4v) is 9.56. The minimum Gasteiger partial charge on any atom is -0.436 e. The maximum absolute atomic E-state index is 6.53. The van der Waals surface area contributed by atoms with E-state index in [1.807, 2.05) is 0 Å². The zero-order valence-electron chi connectivity index (χ0n) is 28.6. The second-order valence-corrected chi connectivity index (χ2v) is 15.7. The number of hydrogen-bond acceptors (Lipinski definition) is 9. The second kappa shape index (κ2) is 10.4. The van der Waals surface area contributed by atoms with Crippen LogP contribution in [0.4, 0.5) is 11.4 Å². The van der Waals surface area contributed by atoms with Crippen LogP contribution in [0.5, 0.6) is 0 Å². The maximum atomic E-state index is 6.53. The van der Waals surface area contributed by atoms with Gasteiger partial charge in [0.2, 0.25) is 11.8 Å². The molecule has 5 aromatic carbocycles. The van der Waals surface area contributed by atoms with E-state index in [0.717, 1.165) is 34.2 Å². The van der Waals surface area contributed by atoms with Gasteiger partial charge < -0.3 is 8.83 Å². The topological polar surface area (TPSA) is 103 Å². The van der Waals surface area contributed by atoms with Crippen molar-refractivity contribution in [1.82, 2.24) is 18.7 Å². The summed E-state index contributed by atoms with van der Waals surface area (Å²) >= 11 is 2.26. The Hall–Kier alpha value is -5.84. The first-order valence-electron chi connectivity index (χ1n) is 17.1. The molecule has 0 N–H and O–H groups in total. The molecule has 3 aliphatic rings. The highest BCUT2D eigenvalue weighted by Gasteiger charge is 2.37. The van der Waals surface area contributed by atoms with Crippen LogP contribution < -0.4 is 0 Å². The Morgan fingerprint density at radius 2 is 0.962 bits per heavy atom. The molecule has 11 rings (SSSR count). The number of benzene rings is 5. The van der Waals surface area contributed by atoms with Crippen molar-refractivity contribution in [3.8, 4) is 67.8 Å². The Kier molecular flexibility index (Phi) is 5.95. The molecule has 10 heteroatoms. The summed E-state index contributed by atoms with van der Waals surface area (Å²) in [5.41, 5.74) is 15.8. The van der Waals surface area contributed by atoms with E-state index in [2.05, 4.69) is 113 Å². The Bertz CT molecular complexity index is 2730. The van der Waals surface area contributed by atoms with Crippen LogP contribution in [-0.4, -0.2) is 18.7 Å². The van der Waals surface area contributed by atoms with E-state index >= 15 is 0 Å².